The van der Waals surface area contributed by atoms with E-state index < -0.39 is 20.0 Å². The number of nitrogens with two attached hydrogens (primary N) is 2. The van der Waals surface area contributed by atoms with Gasteiger partial charge in [-0.1, -0.05) is 96.8 Å². The predicted molar refractivity (Wildman–Crippen MR) is 177 cm³/mol. The Morgan fingerprint density at radius 2 is 1.41 bits per heavy atom. The lowest BCUT2D eigenvalue weighted by Crippen LogP contribution is -2.26. The zero-order valence-corrected chi connectivity index (χ0v) is 28.2. The zero-order chi connectivity index (χ0) is 31.9. The van der Waals surface area contributed by atoms with Crippen molar-refractivity contribution < 1.29 is 28.2 Å². The van der Waals surface area contributed by atoms with Gasteiger partial charge in [0.15, 0.2) is 11.5 Å². The number of anilines is 2. The Morgan fingerprint density at radius 1 is 0.818 bits per heavy atom. The average Bonchev–Trinajstić information content (AvgIpc) is 3.40. The minimum atomic E-state index is -3.95. The van der Waals surface area contributed by atoms with E-state index in [1.165, 1.54) is 89.9 Å². The highest BCUT2D eigenvalue weighted by molar-refractivity contribution is 7.52. The molecule has 0 aliphatic heterocycles. The van der Waals surface area contributed by atoms with Gasteiger partial charge in [0.2, 0.25) is 5.95 Å². The van der Waals surface area contributed by atoms with Gasteiger partial charge < -0.3 is 39.7 Å². The van der Waals surface area contributed by atoms with Crippen LogP contribution in [0.3, 0.4) is 0 Å². The molecule has 0 aliphatic carbocycles. The molecule has 0 amide bonds. The SMILES string of the molecule is CCCCCCCCCCCCCCCCCOCCCOP(=O)(O)CO[C@@H](COCC)Cn1cnc2c(N)nc(N)nc21. The number of hydrogen-bond acceptors (Lipinski definition) is 10. The minimum Gasteiger partial charge on any atom is -0.382 e. The molecule has 0 radical (unpaired) electrons. The molecule has 2 atom stereocenters. The first-order valence-corrected chi connectivity index (χ1v) is 18.6. The summed E-state index contributed by atoms with van der Waals surface area (Å²) in [4.78, 5) is 22.6. The van der Waals surface area contributed by atoms with Gasteiger partial charge in [-0.15, -0.1) is 0 Å². The van der Waals surface area contributed by atoms with Crippen LogP contribution < -0.4 is 11.5 Å². The Hall–Kier alpha value is -1.82. The molecule has 2 rings (SSSR count). The van der Waals surface area contributed by atoms with Gasteiger partial charge in [0, 0.05) is 19.8 Å². The van der Waals surface area contributed by atoms with E-state index in [4.69, 9.17) is 30.2 Å². The van der Waals surface area contributed by atoms with Crippen molar-refractivity contribution >= 4 is 30.5 Å². The number of fused-ring (bicyclic) bond motifs is 1. The summed E-state index contributed by atoms with van der Waals surface area (Å²) in [5, 5.41) is 0. The Labute approximate surface area is 264 Å². The number of nitrogen functional groups attached to an aromatic ring is 2. The zero-order valence-electron chi connectivity index (χ0n) is 27.3. The van der Waals surface area contributed by atoms with Crippen molar-refractivity contribution in [2.45, 2.75) is 129 Å². The topological polar surface area (TPSA) is 170 Å². The summed E-state index contributed by atoms with van der Waals surface area (Å²) in [6.45, 7) is 6.40. The first-order chi connectivity index (χ1) is 21.4. The molecular weight excluding hydrogens is 583 g/mol. The van der Waals surface area contributed by atoms with Crippen LogP contribution in [0, 0.1) is 0 Å². The van der Waals surface area contributed by atoms with Crippen molar-refractivity contribution in [3.63, 3.8) is 0 Å². The van der Waals surface area contributed by atoms with Crippen molar-refractivity contribution in [3.05, 3.63) is 6.33 Å². The Kier molecular flexibility index (Phi) is 20.5. The van der Waals surface area contributed by atoms with Crippen LogP contribution in [0.1, 0.15) is 117 Å². The third-order valence-corrected chi connectivity index (χ3v) is 8.57. The van der Waals surface area contributed by atoms with Crippen LogP contribution in [0.25, 0.3) is 11.2 Å². The van der Waals surface area contributed by atoms with Crippen LogP contribution in [0.4, 0.5) is 11.8 Å². The number of rotatable bonds is 29. The third-order valence-electron chi connectivity index (χ3n) is 7.51. The second-order valence-corrected chi connectivity index (χ2v) is 13.3. The minimum absolute atomic E-state index is 0.0334. The molecule has 0 fully saturated rings. The Bertz CT molecular complexity index is 1060. The summed E-state index contributed by atoms with van der Waals surface area (Å²) < 4.78 is 36.4. The third kappa shape index (κ3) is 17.0. The molecule has 0 aromatic carbocycles. The summed E-state index contributed by atoms with van der Waals surface area (Å²) in [6.07, 6.45) is 21.1. The van der Waals surface area contributed by atoms with E-state index in [9.17, 15) is 9.46 Å². The normalized spacial score (nSPS) is 13.9. The number of ether oxygens (including phenoxy) is 3. The fourth-order valence-electron chi connectivity index (χ4n) is 5.02. The van der Waals surface area contributed by atoms with Crippen LogP contribution in [0.2, 0.25) is 0 Å². The van der Waals surface area contributed by atoms with Gasteiger partial charge in [-0.05, 0) is 19.8 Å². The molecule has 2 aromatic rings. The highest BCUT2D eigenvalue weighted by atomic mass is 31.2. The van der Waals surface area contributed by atoms with Crippen LogP contribution in [0.15, 0.2) is 6.33 Å². The number of hydrogen-bond donors (Lipinski definition) is 3. The van der Waals surface area contributed by atoms with Gasteiger partial charge in [0.25, 0.3) is 0 Å². The molecular formula is C31H59N6O6P. The van der Waals surface area contributed by atoms with Gasteiger partial charge in [0.05, 0.1) is 32.2 Å². The highest BCUT2D eigenvalue weighted by Crippen LogP contribution is 2.42. The molecule has 13 heteroatoms. The van der Waals surface area contributed by atoms with Gasteiger partial charge in [-0.2, -0.15) is 9.97 Å². The number of aromatic nitrogens is 4. The Morgan fingerprint density at radius 3 is 2.02 bits per heavy atom. The van der Waals surface area contributed by atoms with E-state index in [-0.39, 0.29) is 31.5 Å². The summed E-state index contributed by atoms with van der Waals surface area (Å²) in [6, 6.07) is 0. The van der Waals surface area contributed by atoms with Gasteiger partial charge in [-0.25, -0.2) is 4.98 Å². The maximum atomic E-state index is 12.5. The second kappa shape index (κ2) is 23.5. The van der Waals surface area contributed by atoms with Crippen LogP contribution in [0.5, 0.6) is 0 Å². The predicted octanol–water partition coefficient (Wildman–Crippen LogP) is 6.85. The molecule has 1 unspecified atom stereocenters. The van der Waals surface area contributed by atoms with Crippen molar-refractivity contribution in [3.8, 4) is 0 Å². The van der Waals surface area contributed by atoms with E-state index in [2.05, 4.69) is 21.9 Å². The van der Waals surface area contributed by atoms with Crippen molar-refractivity contribution in [2.75, 3.05) is 50.8 Å². The summed E-state index contributed by atoms with van der Waals surface area (Å²) in [7, 11) is -3.95. The number of nitrogens with zero attached hydrogens (tertiary/aromatic N) is 4. The molecule has 0 saturated heterocycles. The molecule has 0 saturated carbocycles. The number of imidazole rings is 1. The van der Waals surface area contributed by atoms with Gasteiger partial charge >= 0.3 is 7.60 Å². The molecule has 44 heavy (non-hydrogen) atoms. The van der Waals surface area contributed by atoms with Crippen molar-refractivity contribution in [1.29, 1.82) is 0 Å². The van der Waals surface area contributed by atoms with E-state index >= 15 is 0 Å². The lowest BCUT2D eigenvalue weighted by atomic mass is 10.0. The summed E-state index contributed by atoms with van der Waals surface area (Å²) in [5.41, 5.74) is 12.5. The van der Waals surface area contributed by atoms with Crippen molar-refractivity contribution in [1.82, 2.24) is 19.5 Å². The van der Waals surface area contributed by atoms with E-state index in [0.29, 0.717) is 37.4 Å². The fraction of sp³-hybridized carbons (Fsp3) is 0.839. The molecule has 5 N–H and O–H groups in total. The largest absolute Gasteiger partial charge is 0.382 e. The molecule has 12 nitrogen and oxygen atoms in total. The van der Waals surface area contributed by atoms with Gasteiger partial charge in [-0.3, -0.25) is 4.57 Å². The van der Waals surface area contributed by atoms with E-state index in [1.807, 2.05) is 6.92 Å². The standard InChI is InChI=1S/C31H59N6O6P/c1-3-5-6-7-8-9-10-11-12-13-14-15-16-17-18-20-41-21-19-22-43-44(38,39)26-42-27(24-40-4-2)23-37-25-34-28-29(32)35-31(33)36-30(28)37/h25,27H,3-24,26H2,1-2H3,(H,38,39)(H4,32,33,35,36)/t27-/m1/s1. The quantitative estimate of drug-likeness (QED) is 0.0626. The lowest BCUT2D eigenvalue weighted by Gasteiger charge is -2.20. The van der Waals surface area contributed by atoms with Crippen LogP contribution >= 0.6 is 7.60 Å². The lowest BCUT2D eigenvalue weighted by molar-refractivity contribution is -0.00983. The molecule has 254 valence electrons. The Balaban J connectivity index is 1.48. The fourth-order valence-corrected chi connectivity index (χ4v) is 5.91. The first kappa shape index (κ1) is 38.4. The summed E-state index contributed by atoms with van der Waals surface area (Å²) in [5.74, 6) is 0.214. The molecule has 0 spiro atoms. The number of unbranched alkanes of at least 4 members (excludes halogenated alkanes) is 14. The van der Waals surface area contributed by atoms with E-state index in [0.717, 1.165) is 6.42 Å². The summed E-state index contributed by atoms with van der Waals surface area (Å²) >= 11 is 0. The van der Waals surface area contributed by atoms with Crippen LogP contribution in [-0.4, -0.2) is 69.9 Å². The first-order valence-electron chi connectivity index (χ1n) is 16.8. The van der Waals surface area contributed by atoms with Crippen LogP contribution in [-0.2, 0) is 29.8 Å². The second-order valence-electron chi connectivity index (χ2n) is 11.5. The maximum absolute atomic E-state index is 12.5. The molecule has 2 heterocycles. The highest BCUT2D eigenvalue weighted by Gasteiger charge is 2.24. The van der Waals surface area contributed by atoms with Crippen molar-refractivity contribution in [2.24, 2.45) is 0 Å². The average molecular weight is 643 g/mol. The maximum Gasteiger partial charge on any atom is 0.353 e. The molecule has 0 aliphatic rings. The molecule has 2 aromatic heterocycles. The molecule has 0 bridgehead atoms. The van der Waals surface area contributed by atoms with E-state index in [1.54, 1.807) is 10.9 Å². The monoisotopic (exact) mass is 642 g/mol. The smallest absolute Gasteiger partial charge is 0.353 e. The van der Waals surface area contributed by atoms with Gasteiger partial charge in [0.1, 0.15) is 11.9 Å².